The number of carboxylic acids is 1. The van der Waals surface area contributed by atoms with Crippen LogP contribution in [-0.4, -0.2) is 52.2 Å². The third kappa shape index (κ3) is 5.17. The molecule has 0 aromatic heterocycles. The molecule has 0 atom stereocenters. The number of benzene rings is 1. The number of sulfone groups is 1. The number of sulfonamides is 1. The van der Waals surface area contributed by atoms with Gasteiger partial charge in [-0.3, -0.25) is 9.10 Å². The summed E-state index contributed by atoms with van der Waals surface area (Å²) in [6, 6.07) is 7.68. The van der Waals surface area contributed by atoms with Crippen LogP contribution in [0.25, 0.3) is 0 Å². The summed E-state index contributed by atoms with van der Waals surface area (Å²) in [5, 5.41) is 8.81. The molecular formula is C11H15NO6S2. The Bertz CT molecular complexity index is 666. The van der Waals surface area contributed by atoms with Crippen LogP contribution in [0, 0.1) is 0 Å². The van der Waals surface area contributed by atoms with Gasteiger partial charge in [0.25, 0.3) is 0 Å². The molecule has 0 amide bonds. The summed E-state index contributed by atoms with van der Waals surface area (Å²) in [5.41, 5.74) is 0.184. The maximum absolute atomic E-state index is 12.1. The smallest absolute Gasteiger partial charge is 0.324 e. The fourth-order valence-corrected chi connectivity index (χ4v) is 4.46. The second kappa shape index (κ2) is 6.23. The Morgan fingerprint density at radius 1 is 1.10 bits per heavy atom. The fourth-order valence-electron chi connectivity index (χ4n) is 1.43. The molecule has 1 aromatic carbocycles. The van der Waals surface area contributed by atoms with E-state index in [2.05, 4.69) is 0 Å². The zero-order chi connectivity index (χ0) is 15.4. The predicted molar refractivity (Wildman–Crippen MR) is 74.9 cm³/mol. The molecule has 0 spiro atoms. The van der Waals surface area contributed by atoms with Gasteiger partial charge >= 0.3 is 5.97 Å². The number of hydrogen-bond acceptors (Lipinski definition) is 5. The molecule has 0 fully saturated rings. The second-order valence-electron chi connectivity index (χ2n) is 4.18. The summed E-state index contributed by atoms with van der Waals surface area (Å²) in [6.07, 6.45) is 0.923. The number of hydrogen-bond donors (Lipinski definition) is 1. The SMILES string of the molecule is CS(=O)(=O)CCS(=O)(=O)N(CC(=O)O)c1ccccc1. The largest absolute Gasteiger partial charge is 0.480 e. The molecule has 1 N–H and O–H groups in total. The Balaban J connectivity index is 3.07. The van der Waals surface area contributed by atoms with Crippen LogP contribution in [-0.2, 0) is 24.7 Å². The van der Waals surface area contributed by atoms with Crippen molar-refractivity contribution in [3.05, 3.63) is 30.3 Å². The van der Waals surface area contributed by atoms with Crippen molar-refractivity contribution in [1.29, 1.82) is 0 Å². The van der Waals surface area contributed by atoms with Crippen LogP contribution in [0.2, 0.25) is 0 Å². The number of carbonyl (C=O) groups is 1. The summed E-state index contributed by atoms with van der Waals surface area (Å²) in [4.78, 5) is 10.8. The van der Waals surface area contributed by atoms with Crippen molar-refractivity contribution in [2.45, 2.75) is 0 Å². The van der Waals surface area contributed by atoms with Crippen molar-refractivity contribution < 1.29 is 26.7 Å². The monoisotopic (exact) mass is 321 g/mol. The molecule has 0 aliphatic carbocycles. The molecule has 0 saturated carbocycles. The molecule has 1 rings (SSSR count). The van der Waals surface area contributed by atoms with Gasteiger partial charge in [-0.1, -0.05) is 18.2 Å². The van der Waals surface area contributed by atoms with Crippen LogP contribution in [0.3, 0.4) is 0 Å². The normalized spacial score (nSPS) is 12.1. The highest BCUT2D eigenvalue weighted by atomic mass is 32.2. The Morgan fingerprint density at radius 3 is 2.10 bits per heavy atom. The summed E-state index contributed by atoms with van der Waals surface area (Å²) in [5.74, 6) is -2.54. The number of nitrogens with zero attached hydrogens (tertiary/aromatic N) is 1. The van der Waals surface area contributed by atoms with Crippen LogP contribution in [0.5, 0.6) is 0 Å². The molecule has 0 heterocycles. The molecule has 1 aromatic rings. The first-order valence-electron chi connectivity index (χ1n) is 5.57. The topological polar surface area (TPSA) is 109 Å². The average Bonchev–Trinajstić information content (AvgIpc) is 2.34. The van der Waals surface area contributed by atoms with E-state index in [4.69, 9.17) is 5.11 Å². The molecule has 0 radical (unpaired) electrons. The Labute approximate surface area is 117 Å². The van der Waals surface area contributed by atoms with E-state index in [0.717, 1.165) is 6.26 Å². The molecule has 0 aliphatic rings. The van der Waals surface area contributed by atoms with E-state index in [9.17, 15) is 21.6 Å². The minimum Gasteiger partial charge on any atom is -0.480 e. The van der Waals surface area contributed by atoms with Gasteiger partial charge in [0, 0.05) is 6.26 Å². The Kier molecular flexibility index (Phi) is 5.12. The quantitative estimate of drug-likeness (QED) is 0.754. The van der Waals surface area contributed by atoms with Gasteiger partial charge in [0.2, 0.25) is 10.0 Å². The van der Waals surface area contributed by atoms with Crippen molar-refractivity contribution in [3.8, 4) is 0 Å². The maximum Gasteiger partial charge on any atom is 0.324 e. The van der Waals surface area contributed by atoms with Crippen LogP contribution >= 0.6 is 0 Å². The van der Waals surface area contributed by atoms with E-state index in [1.807, 2.05) is 0 Å². The molecular weight excluding hydrogens is 306 g/mol. The molecule has 0 unspecified atom stereocenters. The highest BCUT2D eigenvalue weighted by Gasteiger charge is 2.26. The summed E-state index contributed by atoms with van der Waals surface area (Å²) < 4.78 is 47.0. The number of anilines is 1. The van der Waals surface area contributed by atoms with Crippen LogP contribution in [0.1, 0.15) is 0 Å². The highest BCUT2D eigenvalue weighted by molar-refractivity contribution is 7.95. The van der Waals surface area contributed by atoms with Gasteiger partial charge in [0.05, 0.1) is 17.2 Å². The minimum absolute atomic E-state index is 0.184. The predicted octanol–water partition coefficient (Wildman–Crippen LogP) is -0.0480. The molecule has 0 saturated heterocycles. The lowest BCUT2D eigenvalue weighted by Crippen LogP contribution is -2.38. The van der Waals surface area contributed by atoms with E-state index in [1.54, 1.807) is 18.2 Å². The van der Waals surface area contributed by atoms with Gasteiger partial charge in [0.15, 0.2) is 0 Å². The lowest BCUT2D eigenvalue weighted by molar-refractivity contribution is -0.135. The second-order valence-corrected chi connectivity index (χ2v) is 8.45. The Hall–Kier alpha value is -1.61. The fraction of sp³-hybridized carbons (Fsp3) is 0.364. The minimum atomic E-state index is -4.03. The lowest BCUT2D eigenvalue weighted by Gasteiger charge is -2.22. The van der Waals surface area contributed by atoms with Gasteiger partial charge < -0.3 is 5.11 Å². The first kappa shape index (κ1) is 16.4. The molecule has 20 heavy (non-hydrogen) atoms. The first-order valence-corrected chi connectivity index (χ1v) is 9.24. The van der Waals surface area contributed by atoms with Gasteiger partial charge in [0.1, 0.15) is 16.4 Å². The van der Waals surface area contributed by atoms with Gasteiger partial charge in [-0.15, -0.1) is 0 Å². The Morgan fingerprint density at radius 2 is 1.65 bits per heavy atom. The van der Waals surface area contributed by atoms with E-state index in [-0.39, 0.29) is 5.69 Å². The molecule has 0 aliphatic heterocycles. The third-order valence-corrected chi connectivity index (χ3v) is 5.31. The highest BCUT2D eigenvalue weighted by Crippen LogP contribution is 2.17. The van der Waals surface area contributed by atoms with Gasteiger partial charge in [-0.2, -0.15) is 0 Å². The zero-order valence-corrected chi connectivity index (χ0v) is 12.4. The number of para-hydroxylation sites is 1. The standard InChI is InChI=1S/C11H15NO6S2/c1-19(15,16)7-8-20(17,18)12(9-11(13)14)10-5-3-2-4-6-10/h2-6H,7-9H2,1H3,(H,13,14). The summed E-state index contributed by atoms with van der Waals surface area (Å²) in [7, 11) is -7.49. The third-order valence-electron chi connectivity index (χ3n) is 2.37. The molecule has 9 heteroatoms. The zero-order valence-electron chi connectivity index (χ0n) is 10.8. The van der Waals surface area contributed by atoms with E-state index < -0.39 is 43.9 Å². The average molecular weight is 321 g/mol. The van der Waals surface area contributed by atoms with Crippen molar-refractivity contribution >= 4 is 31.5 Å². The van der Waals surface area contributed by atoms with Crippen LogP contribution in [0.15, 0.2) is 30.3 Å². The van der Waals surface area contributed by atoms with Crippen molar-refractivity contribution in [1.82, 2.24) is 0 Å². The first-order chi connectivity index (χ1) is 9.12. The van der Waals surface area contributed by atoms with Crippen molar-refractivity contribution in [3.63, 3.8) is 0 Å². The van der Waals surface area contributed by atoms with Crippen molar-refractivity contribution in [2.24, 2.45) is 0 Å². The molecule has 7 nitrogen and oxygen atoms in total. The van der Waals surface area contributed by atoms with Crippen LogP contribution in [0.4, 0.5) is 5.69 Å². The molecule has 0 bridgehead atoms. The van der Waals surface area contributed by atoms with E-state index in [1.165, 1.54) is 12.1 Å². The van der Waals surface area contributed by atoms with Gasteiger partial charge in [-0.25, -0.2) is 16.8 Å². The van der Waals surface area contributed by atoms with E-state index in [0.29, 0.717) is 4.31 Å². The molecule has 112 valence electrons. The summed E-state index contributed by atoms with van der Waals surface area (Å²) >= 11 is 0. The van der Waals surface area contributed by atoms with Gasteiger partial charge in [-0.05, 0) is 12.1 Å². The van der Waals surface area contributed by atoms with Crippen LogP contribution < -0.4 is 4.31 Å². The number of aliphatic carboxylic acids is 1. The summed E-state index contributed by atoms with van der Waals surface area (Å²) in [6.45, 7) is -0.754. The number of rotatable bonds is 7. The van der Waals surface area contributed by atoms with E-state index >= 15 is 0 Å². The van der Waals surface area contributed by atoms with Crippen molar-refractivity contribution in [2.75, 3.05) is 28.6 Å². The number of carboxylic acid groups (broad SMARTS) is 1. The lowest BCUT2D eigenvalue weighted by atomic mass is 10.3. The maximum atomic E-state index is 12.1.